The van der Waals surface area contributed by atoms with E-state index in [4.69, 9.17) is 5.11 Å². The van der Waals surface area contributed by atoms with Gasteiger partial charge >= 0.3 is 5.97 Å². The van der Waals surface area contributed by atoms with Crippen LogP contribution in [0, 0.1) is 18.8 Å². The summed E-state index contributed by atoms with van der Waals surface area (Å²) in [6.45, 7) is 2.02. The molecular formula is C14H16O3. The highest BCUT2D eigenvalue weighted by Crippen LogP contribution is 2.40. The number of carbonyl (C=O) groups excluding carboxylic acids is 1. The number of carbonyl (C=O) groups is 2. The van der Waals surface area contributed by atoms with Crippen LogP contribution in [0.25, 0.3) is 0 Å². The van der Waals surface area contributed by atoms with E-state index in [1.165, 1.54) is 5.56 Å². The predicted octanol–water partition coefficient (Wildman–Crippen LogP) is 2.22. The first-order valence-corrected chi connectivity index (χ1v) is 5.89. The molecule has 1 aromatic rings. The summed E-state index contributed by atoms with van der Waals surface area (Å²) in [5.74, 6) is -1.38. The van der Waals surface area contributed by atoms with E-state index < -0.39 is 11.9 Å². The lowest BCUT2D eigenvalue weighted by Gasteiger charge is -2.02. The highest BCUT2D eigenvalue weighted by Gasteiger charge is 2.47. The van der Waals surface area contributed by atoms with Gasteiger partial charge in [0.1, 0.15) is 5.78 Å². The fourth-order valence-electron chi connectivity index (χ4n) is 2.14. The average Bonchev–Trinajstić information content (AvgIpc) is 3.06. The van der Waals surface area contributed by atoms with E-state index in [1.807, 2.05) is 25.1 Å². The van der Waals surface area contributed by atoms with Gasteiger partial charge in [-0.3, -0.25) is 9.59 Å². The molecule has 1 aliphatic rings. The first-order chi connectivity index (χ1) is 8.08. The van der Waals surface area contributed by atoms with Crippen LogP contribution in [0.4, 0.5) is 0 Å². The molecule has 2 atom stereocenters. The van der Waals surface area contributed by atoms with Crippen LogP contribution in [0.15, 0.2) is 24.3 Å². The number of hydrogen-bond donors (Lipinski definition) is 1. The van der Waals surface area contributed by atoms with E-state index in [9.17, 15) is 9.59 Å². The number of carboxylic acid groups (broad SMARTS) is 1. The molecule has 1 fully saturated rings. The van der Waals surface area contributed by atoms with Crippen molar-refractivity contribution >= 4 is 11.8 Å². The minimum Gasteiger partial charge on any atom is -0.481 e. The molecule has 1 aromatic carbocycles. The molecule has 1 N–H and O–H groups in total. The Morgan fingerprint density at radius 2 is 2.12 bits per heavy atom. The van der Waals surface area contributed by atoms with Crippen LogP contribution in [0.3, 0.4) is 0 Å². The molecule has 0 aliphatic heterocycles. The molecule has 1 saturated carbocycles. The summed E-state index contributed by atoms with van der Waals surface area (Å²) >= 11 is 0. The van der Waals surface area contributed by atoms with Crippen LogP contribution in [0.1, 0.15) is 24.0 Å². The smallest absolute Gasteiger partial charge is 0.307 e. The summed E-state index contributed by atoms with van der Waals surface area (Å²) in [6, 6.07) is 8.07. The molecule has 3 heteroatoms. The molecule has 0 amide bonds. The zero-order valence-electron chi connectivity index (χ0n) is 9.85. The largest absolute Gasteiger partial charge is 0.481 e. The SMILES string of the molecule is Cc1cccc(CCC(=O)[C@H]2C[C@@H]2C(=O)O)c1. The van der Waals surface area contributed by atoms with E-state index >= 15 is 0 Å². The Kier molecular flexibility index (Phi) is 3.27. The van der Waals surface area contributed by atoms with Crippen LogP contribution in [-0.2, 0) is 16.0 Å². The second kappa shape index (κ2) is 4.70. The third kappa shape index (κ3) is 2.93. The van der Waals surface area contributed by atoms with Crippen LogP contribution >= 0.6 is 0 Å². The van der Waals surface area contributed by atoms with Crippen LogP contribution in [0.5, 0.6) is 0 Å². The molecule has 0 aromatic heterocycles. The molecule has 90 valence electrons. The van der Waals surface area contributed by atoms with Crippen molar-refractivity contribution in [3.63, 3.8) is 0 Å². The first kappa shape index (κ1) is 11.8. The van der Waals surface area contributed by atoms with Crippen molar-refractivity contribution in [2.45, 2.75) is 26.2 Å². The molecular weight excluding hydrogens is 216 g/mol. The summed E-state index contributed by atoms with van der Waals surface area (Å²) in [4.78, 5) is 22.4. The number of Topliss-reactive ketones (excluding diaryl/α,β-unsaturated/α-hetero) is 1. The molecule has 3 nitrogen and oxygen atoms in total. The summed E-state index contributed by atoms with van der Waals surface area (Å²) in [7, 11) is 0. The van der Waals surface area contributed by atoms with E-state index in [2.05, 4.69) is 6.07 Å². The van der Waals surface area contributed by atoms with Crippen LogP contribution in [-0.4, -0.2) is 16.9 Å². The standard InChI is InChI=1S/C14H16O3/c1-9-3-2-4-10(7-9)5-6-13(15)11-8-12(11)14(16)17/h2-4,7,11-12H,5-6,8H2,1H3,(H,16,17)/t11-,12-/m0/s1. The second-order valence-corrected chi connectivity index (χ2v) is 4.74. The Hall–Kier alpha value is -1.64. The lowest BCUT2D eigenvalue weighted by molar-refractivity contribution is -0.140. The molecule has 0 spiro atoms. The van der Waals surface area contributed by atoms with Gasteiger partial charge in [0.25, 0.3) is 0 Å². The van der Waals surface area contributed by atoms with Gasteiger partial charge in [-0.1, -0.05) is 29.8 Å². The summed E-state index contributed by atoms with van der Waals surface area (Å²) < 4.78 is 0. The molecule has 17 heavy (non-hydrogen) atoms. The van der Waals surface area contributed by atoms with Crippen molar-refractivity contribution in [2.24, 2.45) is 11.8 Å². The fourth-order valence-corrected chi connectivity index (χ4v) is 2.14. The maximum Gasteiger partial charge on any atom is 0.307 e. The maximum absolute atomic E-state index is 11.7. The molecule has 0 saturated heterocycles. The third-order valence-corrected chi connectivity index (χ3v) is 3.26. The monoisotopic (exact) mass is 232 g/mol. The zero-order valence-corrected chi connectivity index (χ0v) is 9.85. The number of aryl methyl sites for hydroxylation is 2. The van der Waals surface area contributed by atoms with Gasteiger partial charge in [0.05, 0.1) is 5.92 Å². The Bertz CT molecular complexity index is 451. The van der Waals surface area contributed by atoms with Gasteiger partial charge in [-0.05, 0) is 25.3 Å². The second-order valence-electron chi connectivity index (χ2n) is 4.74. The van der Waals surface area contributed by atoms with Crippen molar-refractivity contribution in [2.75, 3.05) is 0 Å². The lowest BCUT2D eigenvalue weighted by Crippen LogP contribution is -2.08. The average molecular weight is 232 g/mol. The Morgan fingerprint density at radius 1 is 1.35 bits per heavy atom. The van der Waals surface area contributed by atoms with Crippen molar-refractivity contribution in [1.82, 2.24) is 0 Å². The number of benzene rings is 1. The van der Waals surface area contributed by atoms with Gasteiger partial charge in [-0.25, -0.2) is 0 Å². The number of hydrogen-bond acceptors (Lipinski definition) is 2. The van der Waals surface area contributed by atoms with Crippen molar-refractivity contribution in [3.05, 3.63) is 35.4 Å². The van der Waals surface area contributed by atoms with E-state index in [0.29, 0.717) is 19.3 Å². The molecule has 1 aliphatic carbocycles. The highest BCUT2D eigenvalue weighted by atomic mass is 16.4. The lowest BCUT2D eigenvalue weighted by atomic mass is 10.0. The van der Waals surface area contributed by atoms with Crippen LogP contribution in [0.2, 0.25) is 0 Å². The normalized spacial score (nSPS) is 22.2. The van der Waals surface area contributed by atoms with E-state index in [0.717, 1.165) is 5.56 Å². The number of carboxylic acids is 1. The molecule has 0 bridgehead atoms. The molecule has 2 rings (SSSR count). The Morgan fingerprint density at radius 3 is 2.71 bits per heavy atom. The molecule has 0 unspecified atom stereocenters. The molecule has 0 heterocycles. The van der Waals surface area contributed by atoms with E-state index in [1.54, 1.807) is 0 Å². The fraction of sp³-hybridized carbons (Fsp3) is 0.429. The Balaban J connectivity index is 1.83. The number of aliphatic carboxylic acids is 1. The van der Waals surface area contributed by atoms with Gasteiger partial charge in [0, 0.05) is 12.3 Å². The third-order valence-electron chi connectivity index (χ3n) is 3.26. The van der Waals surface area contributed by atoms with Gasteiger partial charge in [0.15, 0.2) is 0 Å². The van der Waals surface area contributed by atoms with Gasteiger partial charge in [0.2, 0.25) is 0 Å². The van der Waals surface area contributed by atoms with Crippen molar-refractivity contribution in [1.29, 1.82) is 0 Å². The van der Waals surface area contributed by atoms with Gasteiger partial charge < -0.3 is 5.11 Å². The summed E-state index contributed by atoms with van der Waals surface area (Å²) in [5.41, 5.74) is 2.33. The maximum atomic E-state index is 11.7. The quantitative estimate of drug-likeness (QED) is 0.846. The zero-order chi connectivity index (χ0) is 12.4. The minimum absolute atomic E-state index is 0.0962. The minimum atomic E-state index is -0.834. The predicted molar refractivity (Wildman–Crippen MR) is 63.7 cm³/mol. The van der Waals surface area contributed by atoms with Gasteiger partial charge in [-0.2, -0.15) is 0 Å². The van der Waals surface area contributed by atoms with Crippen molar-refractivity contribution in [3.8, 4) is 0 Å². The highest BCUT2D eigenvalue weighted by molar-refractivity contribution is 5.90. The van der Waals surface area contributed by atoms with E-state index in [-0.39, 0.29) is 11.7 Å². The van der Waals surface area contributed by atoms with Crippen molar-refractivity contribution < 1.29 is 14.7 Å². The summed E-state index contributed by atoms with van der Waals surface area (Å²) in [5, 5.41) is 8.74. The first-order valence-electron chi connectivity index (χ1n) is 5.89. The van der Waals surface area contributed by atoms with Gasteiger partial charge in [-0.15, -0.1) is 0 Å². The van der Waals surface area contributed by atoms with Crippen LogP contribution < -0.4 is 0 Å². The number of ketones is 1. The topological polar surface area (TPSA) is 54.4 Å². The molecule has 0 radical (unpaired) electrons. The Labute approximate surface area is 100 Å². The number of rotatable bonds is 5. The summed E-state index contributed by atoms with van der Waals surface area (Å²) in [6.07, 6.45) is 1.70.